The number of rotatable bonds is 6. The van der Waals surface area contributed by atoms with Gasteiger partial charge in [-0.3, -0.25) is 14.7 Å². The summed E-state index contributed by atoms with van der Waals surface area (Å²) in [6, 6.07) is 15.4. The molecule has 7 nitrogen and oxygen atoms in total. The third kappa shape index (κ3) is 4.64. The third-order valence-electron chi connectivity index (χ3n) is 3.97. The van der Waals surface area contributed by atoms with Crippen molar-refractivity contribution in [2.75, 3.05) is 11.1 Å². The fraction of sp³-hybridized carbons (Fsp3) is 0.105. The third-order valence-corrected chi connectivity index (χ3v) is 6.21. The first-order chi connectivity index (χ1) is 14.1. The number of nitrogens with zero attached hydrogens (tertiary/aromatic N) is 5. The molecule has 29 heavy (non-hydrogen) atoms. The molecule has 0 saturated heterocycles. The summed E-state index contributed by atoms with van der Waals surface area (Å²) < 4.78 is 1.79. The molecule has 2 heterocycles. The number of carbonyl (C=O) groups excluding carboxylic acids is 1. The van der Waals surface area contributed by atoms with Gasteiger partial charge in [-0.2, -0.15) is 0 Å². The van der Waals surface area contributed by atoms with Crippen LogP contribution in [0.25, 0.3) is 16.3 Å². The van der Waals surface area contributed by atoms with Gasteiger partial charge in [0.25, 0.3) is 0 Å². The number of halogens is 1. The molecule has 146 valence electrons. The van der Waals surface area contributed by atoms with Crippen LogP contribution >= 0.6 is 34.7 Å². The number of benzene rings is 2. The van der Waals surface area contributed by atoms with Crippen LogP contribution in [-0.2, 0) is 4.79 Å². The van der Waals surface area contributed by atoms with Crippen molar-refractivity contribution >= 4 is 45.7 Å². The fourth-order valence-electron chi connectivity index (χ4n) is 2.49. The van der Waals surface area contributed by atoms with Crippen molar-refractivity contribution in [3.8, 4) is 16.3 Å². The summed E-state index contributed by atoms with van der Waals surface area (Å²) in [6.07, 6.45) is 1.60. The largest absolute Gasteiger partial charge is 0.300 e. The SMILES string of the molecule is Cc1ccc(-n2cnnc2SCC(=O)Nc2nnc(-c3ccccc3)s2)cc1Cl. The zero-order valence-corrected chi connectivity index (χ0v) is 17.6. The van der Waals surface area contributed by atoms with E-state index in [1.807, 2.05) is 55.5 Å². The summed E-state index contributed by atoms with van der Waals surface area (Å²) in [5.74, 6) is -0.0271. The summed E-state index contributed by atoms with van der Waals surface area (Å²) in [4.78, 5) is 12.3. The van der Waals surface area contributed by atoms with Crippen molar-refractivity contribution in [1.29, 1.82) is 0 Å². The molecular formula is C19H15ClN6OS2. The number of thioether (sulfide) groups is 1. The Bertz CT molecular complexity index is 1140. The normalized spacial score (nSPS) is 10.8. The van der Waals surface area contributed by atoms with Crippen LogP contribution < -0.4 is 5.32 Å². The predicted octanol–water partition coefficient (Wildman–Crippen LogP) is 4.48. The number of anilines is 1. The van der Waals surface area contributed by atoms with Crippen LogP contribution in [-0.4, -0.2) is 36.6 Å². The highest BCUT2D eigenvalue weighted by molar-refractivity contribution is 7.99. The zero-order chi connectivity index (χ0) is 20.2. The second kappa shape index (κ2) is 8.73. The standard InChI is InChI=1S/C19H15ClN6OS2/c1-12-7-8-14(9-15(12)20)26-11-21-25-19(26)28-10-16(27)22-18-24-23-17(29-18)13-5-3-2-4-6-13/h2-9,11H,10H2,1H3,(H,22,24,27). The Kier molecular flexibility index (Phi) is 5.89. The van der Waals surface area contributed by atoms with Crippen LogP contribution in [0, 0.1) is 6.92 Å². The number of aromatic nitrogens is 5. The van der Waals surface area contributed by atoms with Gasteiger partial charge in [-0.1, -0.05) is 71.1 Å². The molecule has 0 aliphatic heterocycles. The zero-order valence-electron chi connectivity index (χ0n) is 15.2. The fourth-order valence-corrected chi connectivity index (χ4v) is 4.16. The molecule has 1 amide bonds. The van der Waals surface area contributed by atoms with Crippen LogP contribution in [0.2, 0.25) is 5.02 Å². The molecule has 0 aliphatic rings. The molecule has 0 radical (unpaired) electrons. The number of aryl methyl sites for hydroxylation is 1. The van der Waals surface area contributed by atoms with Gasteiger partial charge in [0, 0.05) is 10.6 Å². The van der Waals surface area contributed by atoms with E-state index >= 15 is 0 Å². The topological polar surface area (TPSA) is 85.6 Å². The minimum Gasteiger partial charge on any atom is -0.300 e. The Balaban J connectivity index is 1.39. The molecule has 0 saturated carbocycles. The molecule has 0 aliphatic carbocycles. The van der Waals surface area contributed by atoms with Gasteiger partial charge < -0.3 is 0 Å². The Morgan fingerprint density at radius 1 is 1.17 bits per heavy atom. The summed E-state index contributed by atoms with van der Waals surface area (Å²) in [5, 5.41) is 21.5. The smallest absolute Gasteiger partial charge is 0.236 e. The quantitative estimate of drug-likeness (QED) is 0.443. The van der Waals surface area contributed by atoms with E-state index in [0.717, 1.165) is 21.8 Å². The van der Waals surface area contributed by atoms with Gasteiger partial charge in [0.1, 0.15) is 11.3 Å². The second-order valence-electron chi connectivity index (χ2n) is 6.03. The highest BCUT2D eigenvalue weighted by Gasteiger charge is 2.13. The van der Waals surface area contributed by atoms with Crippen LogP contribution in [0.5, 0.6) is 0 Å². The summed E-state index contributed by atoms with van der Waals surface area (Å²) in [7, 11) is 0. The van der Waals surface area contributed by atoms with E-state index in [9.17, 15) is 4.79 Å². The van der Waals surface area contributed by atoms with Crippen LogP contribution in [0.15, 0.2) is 60.0 Å². The van der Waals surface area contributed by atoms with E-state index in [1.165, 1.54) is 23.1 Å². The van der Waals surface area contributed by atoms with E-state index in [1.54, 1.807) is 10.9 Å². The molecule has 4 rings (SSSR count). The van der Waals surface area contributed by atoms with Gasteiger partial charge in [-0.15, -0.1) is 20.4 Å². The lowest BCUT2D eigenvalue weighted by atomic mass is 10.2. The number of carbonyl (C=O) groups is 1. The van der Waals surface area contributed by atoms with Crippen LogP contribution in [0.3, 0.4) is 0 Å². The van der Waals surface area contributed by atoms with Gasteiger partial charge in [-0.25, -0.2) is 0 Å². The monoisotopic (exact) mass is 442 g/mol. The first kappa shape index (κ1) is 19.6. The number of nitrogens with one attached hydrogen (secondary N) is 1. The molecule has 2 aromatic heterocycles. The summed E-state index contributed by atoms with van der Waals surface area (Å²) in [6.45, 7) is 1.94. The Morgan fingerprint density at radius 2 is 2.00 bits per heavy atom. The van der Waals surface area contributed by atoms with E-state index in [4.69, 9.17) is 11.6 Å². The molecule has 1 N–H and O–H groups in total. The maximum absolute atomic E-state index is 12.3. The average Bonchev–Trinajstić information content (AvgIpc) is 3.39. The predicted molar refractivity (Wildman–Crippen MR) is 116 cm³/mol. The molecule has 10 heteroatoms. The highest BCUT2D eigenvalue weighted by atomic mass is 35.5. The van der Waals surface area contributed by atoms with Gasteiger partial charge in [0.2, 0.25) is 11.0 Å². The molecular weight excluding hydrogens is 428 g/mol. The maximum Gasteiger partial charge on any atom is 0.236 e. The van der Waals surface area contributed by atoms with E-state index in [-0.39, 0.29) is 11.7 Å². The van der Waals surface area contributed by atoms with Crippen LogP contribution in [0.1, 0.15) is 5.56 Å². The Hall–Kier alpha value is -2.75. The first-order valence-corrected chi connectivity index (χ1v) is 10.8. The van der Waals surface area contributed by atoms with E-state index in [0.29, 0.717) is 15.3 Å². The Morgan fingerprint density at radius 3 is 2.79 bits per heavy atom. The maximum atomic E-state index is 12.3. The second-order valence-corrected chi connectivity index (χ2v) is 8.36. The molecule has 4 aromatic rings. The lowest BCUT2D eigenvalue weighted by Gasteiger charge is -2.07. The van der Waals surface area contributed by atoms with Crippen molar-refractivity contribution in [3.63, 3.8) is 0 Å². The molecule has 0 fully saturated rings. The van der Waals surface area contributed by atoms with Crippen molar-refractivity contribution in [3.05, 3.63) is 65.4 Å². The van der Waals surface area contributed by atoms with Crippen molar-refractivity contribution < 1.29 is 4.79 Å². The average molecular weight is 443 g/mol. The first-order valence-electron chi connectivity index (χ1n) is 8.58. The van der Waals surface area contributed by atoms with Crippen molar-refractivity contribution in [2.45, 2.75) is 12.1 Å². The molecule has 0 spiro atoms. The lowest BCUT2D eigenvalue weighted by Crippen LogP contribution is -2.14. The van der Waals surface area contributed by atoms with E-state index < -0.39 is 0 Å². The summed E-state index contributed by atoms with van der Waals surface area (Å²) in [5.41, 5.74) is 2.79. The Labute approximate surface area is 180 Å². The van der Waals surface area contributed by atoms with Gasteiger partial charge in [0.15, 0.2) is 5.16 Å². The minimum absolute atomic E-state index is 0.165. The van der Waals surface area contributed by atoms with Crippen molar-refractivity contribution in [2.24, 2.45) is 0 Å². The van der Waals surface area contributed by atoms with E-state index in [2.05, 4.69) is 25.7 Å². The molecule has 0 unspecified atom stereocenters. The molecule has 2 aromatic carbocycles. The number of hydrogen-bond acceptors (Lipinski definition) is 7. The van der Waals surface area contributed by atoms with Crippen molar-refractivity contribution in [1.82, 2.24) is 25.0 Å². The summed E-state index contributed by atoms with van der Waals surface area (Å²) >= 11 is 8.82. The van der Waals surface area contributed by atoms with Gasteiger partial charge >= 0.3 is 0 Å². The molecule has 0 bridgehead atoms. The van der Waals surface area contributed by atoms with Gasteiger partial charge in [-0.05, 0) is 24.6 Å². The number of amides is 1. The number of hydrogen-bond donors (Lipinski definition) is 1. The molecule has 0 atom stereocenters. The van der Waals surface area contributed by atoms with Gasteiger partial charge in [0.05, 0.1) is 11.4 Å². The minimum atomic E-state index is -0.192. The highest BCUT2D eigenvalue weighted by Crippen LogP contribution is 2.27. The lowest BCUT2D eigenvalue weighted by molar-refractivity contribution is -0.113. The van der Waals surface area contributed by atoms with Crippen LogP contribution in [0.4, 0.5) is 5.13 Å².